The van der Waals surface area contributed by atoms with Gasteiger partial charge in [-0.25, -0.2) is 5.26 Å². The normalized spacial score (nSPS) is 8.15. The van der Waals surface area contributed by atoms with Crippen molar-refractivity contribution in [2.45, 2.75) is 53.3 Å². The van der Waals surface area contributed by atoms with Gasteiger partial charge in [-0.3, -0.25) is 0 Å². The first kappa shape index (κ1) is 16.0. The average Bonchev–Trinajstić information content (AvgIpc) is 2.07. The molecule has 0 radical (unpaired) electrons. The second-order valence-electron chi connectivity index (χ2n) is 3.09. The Kier molecular flexibility index (Phi) is 18.4. The molecule has 0 atom stereocenters. The van der Waals surface area contributed by atoms with Crippen molar-refractivity contribution in [3.8, 4) is 5.40 Å². The standard InChI is InChI=1S/3C3H7.CHNS.Sn/c3*1-3-2;2-1-3;/h3*1,3H2,2H3;3H;/q;;;;+1/p-1. The molecule has 0 N–H and O–H groups in total. The molecule has 3 heteroatoms. The minimum absolute atomic E-state index is 0.759. The molecule has 0 aromatic carbocycles. The number of hydrogen-bond donors (Lipinski definition) is 0. The van der Waals surface area contributed by atoms with Gasteiger partial charge in [0.15, 0.2) is 0 Å². The SMILES string of the molecule is CC[CH2][Sn+]([CH2]CC)[CH2]CC.N#C[S-]. The number of nitrogens with zero attached hydrogens (tertiary/aromatic N) is 1. The maximum atomic E-state index is 7.13. The summed E-state index contributed by atoms with van der Waals surface area (Å²) in [6.07, 6.45) is 4.36. The molecule has 0 aliphatic carbocycles. The van der Waals surface area contributed by atoms with Crippen molar-refractivity contribution in [3.05, 3.63) is 0 Å². The summed E-state index contributed by atoms with van der Waals surface area (Å²) in [5, 5.41) is 8.47. The van der Waals surface area contributed by atoms with Gasteiger partial charge in [-0.1, -0.05) is 5.40 Å². The quantitative estimate of drug-likeness (QED) is 0.424. The maximum absolute atomic E-state index is 7.13. The van der Waals surface area contributed by atoms with E-state index in [-0.39, 0.29) is 0 Å². The van der Waals surface area contributed by atoms with E-state index in [0.717, 1.165) is 0 Å². The van der Waals surface area contributed by atoms with E-state index in [1.165, 1.54) is 24.7 Å². The minimum Gasteiger partial charge on any atom is -0.696 e. The summed E-state index contributed by atoms with van der Waals surface area (Å²) in [5.74, 6) is 0. The largest absolute Gasteiger partial charge is 0.696 e. The van der Waals surface area contributed by atoms with Crippen LogP contribution in [0.15, 0.2) is 0 Å². The molecular formula is C10H21NSSn. The predicted octanol–water partition coefficient (Wildman–Crippen LogP) is 3.73. The van der Waals surface area contributed by atoms with Crippen molar-refractivity contribution in [1.29, 1.82) is 5.26 Å². The van der Waals surface area contributed by atoms with Crippen molar-refractivity contribution >= 4 is 32.4 Å². The first-order chi connectivity index (χ1) is 6.26. The number of thiocyanates is 1. The van der Waals surface area contributed by atoms with Crippen molar-refractivity contribution in [2.24, 2.45) is 0 Å². The smallest absolute Gasteiger partial charge is 0.0797 e. The molecule has 0 saturated carbocycles. The third-order valence-electron chi connectivity index (χ3n) is 1.81. The van der Waals surface area contributed by atoms with E-state index in [4.69, 9.17) is 5.26 Å². The van der Waals surface area contributed by atoms with Crippen molar-refractivity contribution in [1.82, 2.24) is 0 Å². The fourth-order valence-corrected chi connectivity index (χ4v) is 9.63. The molecule has 0 saturated heterocycles. The molecule has 0 aromatic heterocycles. The average molecular weight is 306 g/mol. The third kappa shape index (κ3) is 15.3. The molecule has 76 valence electrons. The van der Waals surface area contributed by atoms with E-state index in [1.54, 1.807) is 13.3 Å². The van der Waals surface area contributed by atoms with Crippen LogP contribution in [0, 0.1) is 10.7 Å². The van der Waals surface area contributed by atoms with Gasteiger partial charge in [0.1, 0.15) is 0 Å². The van der Waals surface area contributed by atoms with Crippen molar-refractivity contribution in [2.75, 3.05) is 0 Å². The van der Waals surface area contributed by atoms with E-state index in [1.807, 2.05) is 0 Å². The molecule has 0 fully saturated rings. The molecule has 0 aliphatic rings. The van der Waals surface area contributed by atoms with Crippen molar-refractivity contribution < 1.29 is 0 Å². The zero-order valence-corrected chi connectivity index (χ0v) is 12.8. The van der Waals surface area contributed by atoms with Crippen LogP contribution in [0.4, 0.5) is 0 Å². The Hall–Kier alpha value is 0.509. The van der Waals surface area contributed by atoms with Crippen LogP contribution in [0.25, 0.3) is 0 Å². The topological polar surface area (TPSA) is 23.8 Å². The van der Waals surface area contributed by atoms with Crippen LogP contribution in [-0.2, 0) is 12.6 Å². The number of hydrogen-bond acceptors (Lipinski definition) is 2. The molecule has 0 heterocycles. The van der Waals surface area contributed by atoms with Crippen LogP contribution in [0.3, 0.4) is 0 Å². The summed E-state index contributed by atoms with van der Waals surface area (Å²) in [6, 6.07) is 0. The molecule has 0 aliphatic heterocycles. The van der Waals surface area contributed by atoms with Gasteiger partial charge < -0.3 is 12.6 Å². The monoisotopic (exact) mass is 307 g/mol. The minimum atomic E-state index is -0.759. The van der Waals surface area contributed by atoms with Gasteiger partial charge in [0.2, 0.25) is 0 Å². The fourth-order valence-electron chi connectivity index (χ4n) is 1.44. The summed E-state index contributed by atoms with van der Waals surface area (Å²) < 4.78 is 4.93. The Morgan fingerprint density at radius 1 is 1.00 bits per heavy atom. The summed E-state index contributed by atoms with van der Waals surface area (Å²) in [6.45, 7) is 7.02. The molecular weight excluding hydrogens is 285 g/mol. The van der Waals surface area contributed by atoms with E-state index < -0.39 is 19.8 Å². The Morgan fingerprint density at radius 2 is 1.23 bits per heavy atom. The van der Waals surface area contributed by atoms with Gasteiger partial charge in [0, 0.05) is 0 Å². The second-order valence-corrected chi connectivity index (χ2v) is 11.8. The van der Waals surface area contributed by atoms with Crippen LogP contribution in [0.1, 0.15) is 40.0 Å². The van der Waals surface area contributed by atoms with E-state index in [2.05, 4.69) is 33.4 Å². The van der Waals surface area contributed by atoms with E-state index >= 15 is 0 Å². The maximum Gasteiger partial charge on any atom is -0.0797 e. The molecule has 0 unspecified atom stereocenters. The molecule has 13 heavy (non-hydrogen) atoms. The van der Waals surface area contributed by atoms with Gasteiger partial charge in [0.05, 0.1) is 0 Å². The van der Waals surface area contributed by atoms with Crippen LogP contribution < -0.4 is 0 Å². The number of rotatable bonds is 6. The van der Waals surface area contributed by atoms with Gasteiger partial charge >= 0.3 is 73.1 Å². The van der Waals surface area contributed by atoms with Gasteiger partial charge in [-0.05, 0) is 0 Å². The van der Waals surface area contributed by atoms with Crippen LogP contribution in [0.5, 0.6) is 0 Å². The van der Waals surface area contributed by atoms with Crippen LogP contribution >= 0.6 is 0 Å². The summed E-state index contributed by atoms with van der Waals surface area (Å²) >= 11 is 2.94. The van der Waals surface area contributed by atoms with Gasteiger partial charge in [-0.2, -0.15) is 0 Å². The van der Waals surface area contributed by atoms with Crippen LogP contribution in [-0.4, -0.2) is 19.8 Å². The Labute approximate surface area is 96.1 Å². The zero-order valence-electron chi connectivity index (χ0n) is 9.10. The summed E-state index contributed by atoms with van der Waals surface area (Å²) in [5.41, 5.74) is 0. The van der Waals surface area contributed by atoms with Crippen LogP contribution in [0.2, 0.25) is 13.3 Å². The van der Waals surface area contributed by atoms with Gasteiger partial charge in [0.25, 0.3) is 0 Å². The van der Waals surface area contributed by atoms with E-state index in [0.29, 0.717) is 0 Å². The second kappa shape index (κ2) is 15.0. The van der Waals surface area contributed by atoms with Crippen molar-refractivity contribution in [3.63, 3.8) is 0 Å². The first-order valence-corrected chi connectivity index (χ1v) is 11.6. The first-order valence-electron chi connectivity index (χ1n) is 5.11. The van der Waals surface area contributed by atoms with E-state index in [9.17, 15) is 0 Å². The molecule has 0 bridgehead atoms. The number of nitriles is 1. The zero-order chi connectivity index (χ0) is 10.5. The molecule has 1 nitrogen and oxygen atoms in total. The molecule has 0 spiro atoms. The third-order valence-corrected chi connectivity index (χ3v) is 12.1. The Balaban J connectivity index is 0. The molecule has 0 aromatic rings. The predicted molar refractivity (Wildman–Crippen MR) is 64.0 cm³/mol. The fraction of sp³-hybridized carbons (Fsp3) is 0.900. The molecule has 0 amide bonds. The summed E-state index contributed by atoms with van der Waals surface area (Å²) in [7, 11) is 0. The Bertz CT molecular complexity index is 108. The molecule has 0 rings (SSSR count). The Morgan fingerprint density at radius 3 is 1.38 bits per heavy atom. The van der Waals surface area contributed by atoms with Gasteiger partial charge in [-0.15, -0.1) is 0 Å². The summed E-state index contributed by atoms with van der Waals surface area (Å²) in [4.78, 5) is 0.